The summed E-state index contributed by atoms with van der Waals surface area (Å²) in [5.74, 6) is 1.65. The summed E-state index contributed by atoms with van der Waals surface area (Å²) in [6.45, 7) is 5.05. The van der Waals surface area contributed by atoms with Crippen molar-refractivity contribution in [3.63, 3.8) is 0 Å². The normalized spacial score (nSPS) is 14.8. The minimum absolute atomic E-state index is 0.512. The van der Waals surface area contributed by atoms with Gasteiger partial charge >= 0.3 is 7.12 Å². The molecule has 19 heavy (non-hydrogen) atoms. The van der Waals surface area contributed by atoms with Crippen molar-refractivity contribution >= 4 is 12.6 Å². The van der Waals surface area contributed by atoms with Crippen molar-refractivity contribution in [3.05, 3.63) is 23.8 Å². The lowest BCUT2D eigenvalue weighted by atomic mass is 9.79. The van der Waals surface area contributed by atoms with Gasteiger partial charge in [0.1, 0.15) is 5.75 Å². The van der Waals surface area contributed by atoms with Crippen molar-refractivity contribution in [1.82, 2.24) is 4.90 Å². The molecule has 0 heterocycles. The van der Waals surface area contributed by atoms with E-state index in [1.54, 1.807) is 19.2 Å². The summed E-state index contributed by atoms with van der Waals surface area (Å²) in [4.78, 5) is 2.38. The van der Waals surface area contributed by atoms with E-state index in [0.29, 0.717) is 5.46 Å². The van der Waals surface area contributed by atoms with Crippen molar-refractivity contribution in [2.45, 2.75) is 26.3 Å². The molecule has 4 nitrogen and oxygen atoms in total. The van der Waals surface area contributed by atoms with Crippen LogP contribution in [-0.4, -0.2) is 42.3 Å². The third-order valence-electron chi connectivity index (χ3n) is 3.66. The summed E-state index contributed by atoms with van der Waals surface area (Å²) in [6.07, 6.45) is 2.67. The Hall–Kier alpha value is -1.04. The van der Waals surface area contributed by atoms with Gasteiger partial charge in [0.2, 0.25) is 0 Å². The van der Waals surface area contributed by atoms with E-state index in [-0.39, 0.29) is 0 Å². The molecule has 5 heteroatoms. The fourth-order valence-electron chi connectivity index (χ4n) is 2.29. The second-order valence-electron chi connectivity index (χ2n) is 5.22. The first-order valence-electron chi connectivity index (χ1n) is 6.89. The van der Waals surface area contributed by atoms with E-state index in [9.17, 15) is 10.0 Å². The first kappa shape index (κ1) is 14.4. The summed E-state index contributed by atoms with van der Waals surface area (Å²) in [5.41, 5.74) is 1.52. The van der Waals surface area contributed by atoms with Gasteiger partial charge < -0.3 is 14.8 Å². The smallest absolute Gasteiger partial charge is 0.488 e. The second kappa shape index (κ2) is 6.41. The molecule has 1 aromatic carbocycles. The lowest BCUT2D eigenvalue weighted by Crippen LogP contribution is -2.31. The van der Waals surface area contributed by atoms with Crippen LogP contribution in [0.4, 0.5) is 0 Å². The van der Waals surface area contributed by atoms with Crippen molar-refractivity contribution in [1.29, 1.82) is 0 Å². The number of ether oxygens (including phenoxy) is 1. The highest BCUT2D eigenvalue weighted by Gasteiger charge is 2.24. The topological polar surface area (TPSA) is 52.9 Å². The minimum atomic E-state index is -1.43. The Morgan fingerprint density at radius 2 is 2.11 bits per heavy atom. The van der Waals surface area contributed by atoms with Crippen LogP contribution < -0.4 is 10.2 Å². The molecule has 2 rings (SSSR count). The first-order valence-corrected chi connectivity index (χ1v) is 6.89. The summed E-state index contributed by atoms with van der Waals surface area (Å²) in [6, 6.07) is 5.30. The van der Waals surface area contributed by atoms with Crippen LogP contribution in [0.15, 0.2) is 18.2 Å². The van der Waals surface area contributed by atoms with E-state index in [1.165, 1.54) is 12.8 Å². The average Bonchev–Trinajstić information content (AvgIpc) is 3.21. The van der Waals surface area contributed by atoms with Gasteiger partial charge in [-0.05, 0) is 36.8 Å². The van der Waals surface area contributed by atoms with E-state index in [2.05, 4.69) is 11.8 Å². The molecule has 0 aliphatic heterocycles. The molecule has 0 atom stereocenters. The van der Waals surface area contributed by atoms with E-state index in [0.717, 1.165) is 36.9 Å². The number of rotatable bonds is 7. The minimum Gasteiger partial charge on any atom is -0.496 e. The number of methoxy groups -OCH3 is 1. The first-order chi connectivity index (χ1) is 9.13. The van der Waals surface area contributed by atoms with Crippen LogP contribution in [-0.2, 0) is 6.54 Å². The fraction of sp³-hybridized carbons (Fsp3) is 0.571. The van der Waals surface area contributed by atoms with Crippen LogP contribution in [0.3, 0.4) is 0 Å². The van der Waals surface area contributed by atoms with Gasteiger partial charge in [-0.25, -0.2) is 0 Å². The van der Waals surface area contributed by atoms with Gasteiger partial charge in [-0.2, -0.15) is 0 Å². The van der Waals surface area contributed by atoms with E-state index in [4.69, 9.17) is 4.74 Å². The lowest BCUT2D eigenvalue weighted by Gasteiger charge is -2.22. The maximum atomic E-state index is 9.26. The molecule has 1 aliphatic carbocycles. The van der Waals surface area contributed by atoms with Crippen molar-refractivity contribution in [3.8, 4) is 5.75 Å². The highest BCUT2D eigenvalue weighted by Crippen LogP contribution is 2.30. The number of hydrogen-bond donors (Lipinski definition) is 2. The fourth-order valence-corrected chi connectivity index (χ4v) is 2.29. The third-order valence-corrected chi connectivity index (χ3v) is 3.66. The highest BCUT2D eigenvalue weighted by molar-refractivity contribution is 6.58. The van der Waals surface area contributed by atoms with Crippen LogP contribution in [0.2, 0.25) is 0 Å². The third kappa shape index (κ3) is 3.96. The molecule has 104 valence electrons. The molecule has 1 fully saturated rings. The Morgan fingerprint density at radius 1 is 1.37 bits per heavy atom. The molecule has 0 radical (unpaired) electrons. The van der Waals surface area contributed by atoms with Crippen molar-refractivity contribution in [2.75, 3.05) is 20.2 Å². The lowest BCUT2D eigenvalue weighted by molar-refractivity contribution is 0.263. The van der Waals surface area contributed by atoms with Crippen LogP contribution >= 0.6 is 0 Å². The predicted octanol–water partition coefficient (Wildman–Crippen LogP) is 0.607. The van der Waals surface area contributed by atoms with Gasteiger partial charge in [0.15, 0.2) is 0 Å². The second-order valence-corrected chi connectivity index (χ2v) is 5.22. The molecule has 1 saturated carbocycles. The molecular formula is C14H22BNO3. The summed E-state index contributed by atoms with van der Waals surface area (Å²) in [7, 11) is 0.216. The molecule has 2 N–H and O–H groups in total. The number of benzene rings is 1. The SMILES string of the molecule is CCN(Cc1cc(B(O)O)ccc1OC)CC1CC1. The quantitative estimate of drug-likeness (QED) is 0.708. The maximum absolute atomic E-state index is 9.26. The van der Waals surface area contributed by atoms with Crippen molar-refractivity contribution < 1.29 is 14.8 Å². The van der Waals surface area contributed by atoms with E-state index >= 15 is 0 Å². The molecule has 0 spiro atoms. The average molecular weight is 263 g/mol. The molecule has 0 saturated heterocycles. The van der Waals surface area contributed by atoms with E-state index < -0.39 is 7.12 Å². The van der Waals surface area contributed by atoms with Crippen molar-refractivity contribution in [2.24, 2.45) is 5.92 Å². The number of hydrogen-bond acceptors (Lipinski definition) is 4. The molecule has 0 bridgehead atoms. The molecule has 1 aromatic rings. The Bertz CT molecular complexity index is 421. The Balaban J connectivity index is 2.12. The number of nitrogens with zero attached hydrogens (tertiary/aromatic N) is 1. The van der Waals surface area contributed by atoms with Gasteiger partial charge in [0, 0.05) is 18.7 Å². The molecule has 0 unspecified atom stereocenters. The molecule has 1 aliphatic rings. The van der Waals surface area contributed by atoms with Crippen LogP contribution in [0, 0.1) is 5.92 Å². The maximum Gasteiger partial charge on any atom is 0.488 e. The van der Waals surface area contributed by atoms with Gasteiger partial charge in [0.25, 0.3) is 0 Å². The standard InChI is InChI=1S/C14H22BNO3/c1-3-16(9-11-4-5-11)10-12-8-13(15(17)18)6-7-14(12)19-2/h6-8,11,17-18H,3-5,9-10H2,1-2H3. The monoisotopic (exact) mass is 263 g/mol. The molecule has 0 aromatic heterocycles. The predicted molar refractivity (Wildman–Crippen MR) is 76.5 cm³/mol. The zero-order valence-corrected chi connectivity index (χ0v) is 11.7. The highest BCUT2D eigenvalue weighted by atomic mass is 16.5. The summed E-state index contributed by atoms with van der Waals surface area (Å²) >= 11 is 0. The van der Waals surface area contributed by atoms with Gasteiger partial charge in [0.05, 0.1) is 7.11 Å². The molecular weight excluding hydrogens is 241 g/mol. The van der Waals surface area contributed by atoms with Gasteiger partial charge in [-0.3, -0.25) is 4.90 Å². The summed E-state index contributed by atoms with van der Waals surface area (Å²) < 4.78 is 5.36. The Kier molecular flexibility index (Phi) is 4.85. The van der Waals surface area contributed by atoms with Gasteiger partial charge in [-0.1, -0.05) is 19.1 Å². The van der Waals surface area contributed by atoms with Crippen LogP contribution in [0.5, 0.6) is 5.75 Å². The van der Waals surface area contributed by atoms with E-state index in [1.807, 2.05) is 6.07 Å². The van der Waals surface area contributed by atoms with Crippen LogP contribution in [0.25, 0.3) is 0 Å². The Morgan fingerprint density at radius 3 is 2.63 bits per heavy atom. The van der Waals surface area contributed by atoms with Crippen LogP contribution in [0.1, 0.15) is 25.3 Å². The van der Waals surface area contributed by atoms with Gasteiger partial charge in [-0.15, -0.1) is 0 Å². The largest absolute Gasteiger partial charge is 0.496 e. The Labute approximate surface area is 115 Å². The summed E-state index contributed by atoms with van der Waals surface area (Å²) in [5, 5.41) is 18.5. The molecule has 0 amide bonds. The zero-order chi connectivity index (χ0) is 13.8. The zero-order valence-electron chi connectivity index (χ0n) is 11.7.